The van der Waals surface area contributed by atoms with Crippen LogP contribution in [0.2, 0.25) is 0 Å². The second-order valence-corrected chi connectivity index (χ2v) is 6.58. The molecule has 132 valence electrons. The number of carbonyl (C=O) groups excluding carboxylic acids is 1. The molecule has 0 bridgehead atoms. The number of hydrogen-bond donors (Lipinski definition) is 0. The van der Waals surface area contributed by atoms with Crippen molar-refractivity contribution in [3.63, 3.8) is 0 Å². The molecule has 0 N–H and O–H groups in total. The molecular weight excluding hydrogens is 312 g/mol. The highest BCUT2D eigenvalue weighted by Gasteiger charge is 2.25. The molecule has 5 nitrogen and oxygen atoms in total. The molecule has 0 spiro atoms. The van der Waals surface area contributed by atoms with Gasteiger partial charge in [-0.3, -0.25) is 4.79 Å². The van der Waals surface area contributed by atoms with E-state index in [9.17, 15) is 4.79 Å². The number of carbonyl (C=O) groups is 1. The number of anilines is 1. The molecule has 0 radical (unpaired) electrons. The fraction of sp³-hybridized carbons (Fsp3) is 0.450. The van der Waals surface area contributed by atoms with Gasteiger partial charge in [0.25, 0.3) is 0 Å². The molecule has 0 saturated carbocycles. The van der Waals surface area contributed by atoms with E-state index in [1.54, 1.807) is 0 Å². The number of aromatic nitrogens is 2. The van der Waals surface area contributed by atoms with Gasteiger partial charge in [-0.05, 0) is 25.8 Å². The van der Waals surface area contributed by atoms with Crippen LogP contribution in [0.5, 0.6) is 0 Å². The number of rotatable bonds is 5. The first-order chi connectivity index (χ1) is 12.1. The maximum absolute atomic E-state index is 12.7. The van der Waals surface area contributed by atoms with E-state index in [1.807, 2.05) is 37.1 Å². The normalized spacial score (nSPS) is 13.5. The molecule has 3 rings (SSSR count). The predicted molar refractivity (Wildman–Crippen MR) is 99.6 cm³/mol. The smallest absolute Gasteiger partial charge is 0.223 e. The Kier molecular flexibility index (Phi) is 5.31. The molecule has 0 saturated heterocycles. The van der Waals surface area contributed by atoms with Crippen LogP contribution in [0.4, 0.5) is 5.82 Å². The van der Waals surface area contributed by atoms with Crippen LogP contribution < -0.4 is 4.90 Å². The summed E-state index contributed by atoms with van der Waals surface area (Å²) in [5, 5.41) is 0. The highest BCUT2D eigenvalue weighted by molar-refractivity contribution is 5.77. The lowest BCUT2D eigenvalue weighted by Crippen LogP contribution is -2.38. The lowest BCUT2D eigenvalue weighted by Gasteiger charge is -2.31. The molecule has 0 atom stereocenters. The van der Waals surface area contributed by atoms with E-state index in [-0.39, 0.29) is 5.91 Å². The summed E-state index contributed by atoms with van der Waals surface area (Å²) in [6.07, 6.45) is 2.14. The summed E-state index contributed by atoms with van der Waals surface area (Å²) in [5.74, 6) is 1.98. The number of fused-ring (bicyclic) bond motifs is 1. The summed E-state index contributed by atoms with van der Waals surface area (Å²) in [7, 11) is 2.04. The molecule has 1 amide bonds. The van der Waals surface area contributed by atoms with Crippen molar-refractivity contribution in [2.45, 2.75) is 39.7 Å². The van der Waals surface area contributed by atoms with E-state index in [0.29, 0.717) is 13.0 Å². The first kappa shape index (κ1) is 17.4. The van der Waals surface area contributed by atoms with E-state index < -0.39 is 0 Å². The van der Waals surface area contributed by atoms with Crippen LogP contribution in [0.1, 0.15) is 36.0 Å². The van der Waals surface area contributed by atoms with Crippen molar-refractivity contribution in [3.8, 4) is 0 Å². The maximum Gasteiger partial charge on any atom is 0.223 e. The molecule has 5 heteroatoms. The van der Waals surface area contributed by atoms with Crippen LogP contribution in [0, 0.1) is 6.92 Å². The lowest BCUT2D eigenvalue weighted by molar-refractivity contribution is -0.132. The van der Waals surface area contributed by atoms with Gasteiger partial charge in [-0.1, -0.05) is 30.3 Å². The molecule has 2 heterocycles. The van der Waals surface area contributed by atoms with E-state index in [0.717, 1.165) is 48.8 Å². The number of benzene rings is 1. The maximum atomic E-state index is 12.7. The van der Waals surface area contributed by atoms with Crippen molar-refractivity contribution >= 4 is 11.7 Å². The Morgan fingerprint density at radius 2 is 2.00 bits per heavy atom. The molecule has 0 unspecified atom stereocenters. The zero-order valence-electron chi connectivity index (χ0n) is 15.3. The molecule has 1 aromatic carbocycles. The van der Waals surface area contributed by atoms with Gasteiger partial charge in [0, 0.05) is 38.5 Å². The summed E-state index contributed by atoms with van der Waals surface area (Å²) >= 11 is 0. The summed E-state index contributed by atoms with van der Waals surface area (Å²) in [4.78, 5) is 26.0. The van der Waals surface area contributed by atoms with Gasteiger partial charge < -0.3 is 9.80 Å². The zero-order valence-corrected chi connectivity index (χ0v) is 15.3. The van der Waals surface area contributed by atoms with Crippen molar-refractivity contribution in [3.05, 3.63) is 53.0 Å². The second kappa shape index (κ2) is 7.64. The van der Waals surface area contributed by atoms with Crippen molar-refractivity contribution in [2.75, 3.05) is 25.0 Å². The molecular formula is C20H26N4O. The minimum Gasteiger partial charge on any atom is -0.360 e. The van der Waals surface area contributed by atoms with E-state index in [4.69, 9.17) is 0 Å². The highest BCUT2D eigenvalue weighted by atomic mass is 16.2. The quantitative estimate of drug-likeness (QED) is 0.841. The third-order valence-electron chi connectivity index (χ3n) is 4.81. The Morgan fingerprint density at radius 3 is 2.72 bits per heavy atom. The van der Waals surface area contributed by atoms with E-state index in [2.05, 4.69) is 33.9 Å². The molecule has 0 fully saturated rings. The second-order valence-electron chi connectivity index (χ2n) is 6.58. The highest BCUT2D eigenvalue weighted by Crippen LogP contribution is 2.26. The van der Waals surface area contributed by atoms with Crippen molar-refractivity contribution in [1.29, 1.82) is 0 Å². The summed E-state index contributed by atoms with van der Waals surface area (Å²) in [6.45, 7) is 6.28. The van der Waals surface area contributed by atoms with Gasteiger partial charge >= 0.3 is 0 Å². The fourth-order valence-corrected chi connectivity index (χ4v) is 3.25. The number of hydrogen-bond acceptors (Lipinski definition) is 4. The third-order valence-corrected chi connectivity index (χ3v) is 4.81. The Hall–Kier alpha value is -2.43. The van der Waals surface area contributed by atoms with Gasteiger partial charge in [0.1, 0.15) is 11.6 Å². The topological polar surface area (TPSA) is 49.3 Å². The summed E-state index contributed by atoms with van der Waals surface area (Å²) in [5.41, 5.74) is 3.41. The van der Waals surface area contributed by atoms with E-state index >= 15 is 0 Å². The number of aryl methyl sites for hydroxylation is 2. The molecule has 1 aliphatic rings. The standard InChI is InChI=1S/C20H26N4O/c1-4-23(3)20-17-14-24(13-12-18(17)21-15(2)22-20)19(25)11-10-16-8-6-5-7-9-16/h5-9H,4,10-14H2,1-3H3. The van der Waals surface area contributed by atoms with Gasteiger partial charge in [-0.2, -0.15) is 0 Å². The van der Waals surface area contributed by atoms with Crippen LogP contribution >= 0.6 is 0 Å². The van der Waals surface area contributed by atoms with Gasteiger partial charge in [0.05, 0.1) is 12.2 Å². The van der Waals surface area contributed by atoms with Gasteiger partial charge in [-0.25, -0.2) is 9.97 Å². The first-order valence-corrected chi connectivity index (χ1v) is 8.97. The number of nitrogens with zero attached hydrogens (tertiary/aromatic N) is 4. The van der Waals surface area contributed by atoms with Crippen LogP contribution in [-0.2, 0) is 24.2 Å². The summed E-state index contributed by atoms with van der Waals surface area (Å²) in [6, 6.07) is 10.2. The Labute approximate surface area is 149 Å². The Balaban J connectivity index is 1.72. The average Bonchev–Trinajstić information content (AvgIpc) is 2.65. The Morgan fingerprint density at radius 1 is 1.24 bits per heavy atom. The van der Waals surface area contributed by atoms with Crippen molar-refractivity contribution < 1.29 is 4.79 Å². The molecule has 1 aromatic heterocycles. The van der Waals surface area contributed by atoms with Gasteiger partial charge in [0.15, 0.2) is 0 Å². The van der Waals surface area contributed by atoms with Crippen molar-refractivity contribution in [2.24, 2.45) is 0 Å². The minimum atomic E-state index is 0.208. The Bertz CT molecular complexity index is 745. The molecule has 1 aliphatic heterocycles. The fourth-order valence-electron chi connectivity index (χ4n) is 3.25. The van der Waals surface area contributed by atoms with Crippen LogP contribution in [0.3, 0.4) is 0 Å². The minimum absolute atomic E-state index is 0.208. The molecule has 2 aromatic rings. The van der Waals surface area contributed by atoms with E-state index in [1.165, 1.54) is 5.56 Å². The lowest BCUT2D eigenvalue weighted by atomic mass is 10.0. The zero-order chi connectivity index (χ0) is 17.8. The average molecular weight is 338 g/mol. The number of amides is 1. The largest absolute Gasteiger partial charge is 0.360 e. The van der Waals surface area contributed by atoms with Crippen LogP contribution in [0.15, 0.2) is 30.3 Å². The van der Waals surface area contributed by atoms with Crippen LogP contribution in [-0.4, -0.2) is 40.9 Å². The summed E-state index contributed by atoms with van der Waals surface area (Å²) < 4.78 is 0. The first-order valence-electron chi connectivity index (χ1n) is 8.97. The molecule has 0 aliphatic carbocycles. The monoisotopic (exact) mass is 338 g/mol. The van der Waals surface area contributed by atoms with Crippen LogP contribution in [0.25, 0.3) is 0 Å². The van der Waals surface area contributed by atoms with Gasteiger partial charge in [0.2, 0.25) is 5.91 Å². The molecule has 25 heavy (non-hydrogen) atoms. The SMILES string of the molecule is CCN(C)c1nc(C)nc2c1CN(C(=O)CCc1ccccc1)CC2. The van der Waals surface area contributed by atoms with Gasteiger partial charge in [-0.15, -0.1) is 0 Å². The van der Waals surface area contributed by atoms with Crippen molar-refractivity contribution in [1.82, 2.24) is 14.9 Å². The predicted octanol–water partition coefficient (Wildman–Crippen LogP) is 2.76. The third kappa shape index (κ3) is 3.98.